The van der Waals surface area contributed by atoms with Crippen molar-refractivity contribution in [1.29, 1.82) is 0 Å². The number of rotatable bonds is 2. The summed E-state index contributed by atoms with van der Waals surface area (Å²) in [6, 6.07) is 3.46. The fourth-order valence-electron chi connectivity index (χ4n) is 2.18. The summed E-state index contributed by atoms with van der Waals surface area (Å²) in [4.78, 5) is 11.7. The quantitative estimate of drug-likeness (QED) is 0.759. The Morgan fingerprint density at radius 2 is 2.27 bits per heavy atom. The van der Waals surface area contributed by atoms with Gasteiger partial charge in [0.15, 0.2) is 0 Å². The van der Waals surface area contributed by atoms with E-state index in [0.717, 1.165) is 25.7 Å². The average molecular weight is 208 g/mol. The summed E-state index contributed by atoms with van der Waals surface area (Å²) < 4.78 is 5.14. The van der Waals surface area contributed by atoms with Gasteiger partial charge < -0.3 is 9.52 Å². The summed E-state index contributed by atoms with van der Waals surface area (Å²) in [5.41, 5.74) is 0. The molecular formula is C12H16O3. The van der Waals surface area contributed by atoms with Crippen LogP contribution in [0.25, 0.3) is 0 Å². The largest absolute Gasteiger partial charge is 0.467 e. The summed E-state index contributed by atoms with van der Waals surface area (Å²) in [5, 5.41) is 10.0. The molecular weight excluding hydrogens is 192 g/mol. The van der Waals surface area contributed by atoms with Crippen LogP contribution in [-0.4, -0.2) is 10.9 Å². The van der Waals surface area contributed by atoms with Gasteiger partial charge in [0.2, 0.25) is 0 Å². The standard InChI is InChI=1S/C12H16O3/c13-10-6-3-1-2-5-9(10)12(14)11-7-4-8-15-11/h4,7-9,12,14H,1-3,5-6H2/t9-,12+/m0/s1. The highest BCUT2D eigenvalue weighted by atomic mass is 16.4. The van der Waals surface area contributed by atoms with Crippen LogP contribution in [0.4, 0.5) is 0 Å². The van der Waals surface area contributed by atoms with Crippen LogP contribution < -0.4 is 0 Å². The summed E-state index contributed by atoms with van der Waals surface area (Å²) in [6.07, 6.45) is 5.22. The molecule has 2 rings (SSSR count). The van der Waals surface area contributed by atoms with Gasteiger partial charge in [-0.2, -0.15) is 0 Å². The Labute approximate surface area is 89.1 Å². The van der Waals surface area contributed by atoms with Crippen molar-refractivity contribution in [2.75, 3.05) is 0 Å². The smallest absolute Gasteiger partial charge is 0.139 e. The van der Waals surface area contributed by atoms with Gasteiger partial charge in [-0.05, 0) is 25.0 Å². The van der Waals surface area contributed by atoms with E-state index in [1.54, 1.807) is 12.1 Å². The lowest BCUT2D eigenvalue weighted by molar-refractivity contribution is -0.126. The maximum absolute atomic E-state index is 11.7. The summed E-state index contributed by atoms with van der Waals surface area (Å²) in [6.45, 7) is 0. The fraction of sp³-hybridized carbons (Fsp3) is 0.583. The first kappa shape index (κ1) is 10.4. The van der Waals surface area contributed by atoms with E-state index in [-0.39, 0.29) is 11.7 Å². The molecule has 3 heteroatoms. The Morgan fingerprint density at radius 3 is 3.00 bits per heavy atom. The Bertz CT molecular complexity index is 316. The van der Waals surface area contributed by atoms with Gasteiger partial charge in [0.05, 0.1) is 12.2 Å². The van der Waals surface area contributed by atoms with E-state index < -0.39 is 6.10 Å². The van der Waals surface area contributed by atoms with Crippen molar-refractivity contribution >= 4 is 5.78 Å². The number of hydrogen-bond acceptors (Lipinski definition) is 3. The number of carbonyl (C=O) groups is 1. The van der Waals surface area contributed by atoms with Gasteiger partial charge in [0, 0.05) is 6.42 Å². The van der Waals surface area contributed by atoms with Gasteiger partial charge >= 0.3 is 0 Å². The van der Waals surface area contributed by atoms with Crippen molar-refractivity contribution in [1.82, 2.24) is 0 Å². The van der Waals surface area contributed by atoms with Gasteiger partial charge in [0.1, 0.15) is 17.6 Å². The number of aliphatic hydroxyl groups is 1. The second-order valence-electron chi connectivity index (χ2n) is 4.13. The predicted molar refractivity (Wildman–Crippen MR) is 55.2 cm³/mol. The molecule has 1 aliphatic carbocycles. The second kappa shape index (κ2) is 4.62. The molecule has 1 aliphatic rings. The number of aliphatic hydroxyl groups excluding tert-OH is 1. The summed E-state index contributed by atoms with van der Waals surface area (Å²) in [7, 11) is 0. The Hall–Kier alpha value is -1.09. The number of furan rings is 1. The first-order chi connectivity index (χ1) is 7.29. The van der Waals surface area contributed by atoms with Crippen molar-refractivity contribution in [3.8, 4) is 0 Å². The molecule has 0 radical (unpaired) electrons. The summed E-state index contributed by atoms with van der Waals surface area (Å²) >= 11 is 0. The van der Waals surface area contributed by atoms with E-state index in [4.69, 9.17) is 4.42 Å². The summed E-state index contributed by atoms with van der Waals surface area (Å²) in [5.74, 6) is 0.422. The number of Topliss-reactive ketones (excluding diaryl/α,β-unsaturated/α-hetero) is 1. The molecule has 0 unspecified atom stereocenters. The van der Waals surface area contributed by atoms with E-state index >= 15 is 0 Å². The zero-order chi connectivity index (χ0) is 10.7. The molecule has 0 amide bonds. The van der Waals surface area contributed by atoms with Crippen molar-refractivity contribution in [3.63, 3.8) is 0 Å². The SMILES string of the molecule is O=C1CCCCC[C@@H]1[C@@H](O)c1ccco1. The van der Waals surface area contributed by atoms with Gasteiger partial charge in [-0.3, -0.25) is 4.79 Å². The topological polar surface area (TPSA) is 50.4 Å². The van der Waals surface area contributed by atoms with Gasteiger partial charge in [-0.1, -0.05) is 12.8 Å². The van der Waals surface area contributed by atoms with E-state index in [1.165, 1.54) is 6.26 Å². The molecule has 0 saturated heterocycles. The zero-order valence-corrected chi connectivity index (χ0v) is 8.69. The van der Waals surface area contributed by atoms with Crippen molar-refractivity contribution < 1.29 is 14.3 Å². The van der Waals surface area contributed by atoms with Crippen LogP contribution in [0.3, 0.4) is 0 Å². The molecule has 1 saturated carbocycles. The maximum Gasteiger partial charge on any atom is 0.139 e. The van der Waals surface area contributed by atoms with Crippen LogP contribution in [0.1, 0.15) is 44.0 Å². The first-order valence-corrected chi connectivity index (χ1v) is 5.53. The third kappa shape index (κ3) is 2.29. The second-order valence-corrected chi connectivity index (χ2v) is 4.13. The van der Waals surface area contributed by atoms with Crippen molar-refractivity contribution in [3.05, 3.63) is 24.2 Å². The minimum absolute atomic E-state index is 0.177. The minimum Gasteiger partial charge on any atom is -0.467 e. The van der Waals surface area contributed by atoms with E-state index in [2.05, 4.69) is 0 Å². The highest BCUT2D eigenvalue weighted by molar-refractivity contribution is 5.81. The molecule has 1 N–H and O–H groups in total. The molecule has 0 bridgehead atoms. The number of carbonyl (C=O) groups excluding carboxylic acids is 1. The van der Waals surface area contributed by atoms with E-state index in [0.29, 0.717) is 12.2 Å². The maximum atomic E-state index is 11.7. The number of hydrogen-bond donors (Lipinski definition) is 1. The van der Waals surface area contributed by atoms with Crippen molar-refractivity contribution in [2.24, 2.45) is 5.92 Å². The van der Waals surface area contributed by atoms with Crippen LogP contribution >= 0.6 is 0 Å². The molecule has 1 heterocycles. The lowest BCUT2D eigenvalue weighted by Crippen LogP contribution is -2.20. The Morgan fingerprint density at radius 1 is 1.40 bits per heavy atom. The third-order valence-corrected chi connectivity index (χ3v) is 3.07. The molecule has 1 aromatic heterocycles. The first-order valence-electron chi connectivity index (χ1n) is 5.53. The zero-order valence-electron chi connectivity index (χ0n) is 8.69. The highest BCUT2D eigenvalue weighted by Gasteiger charge is 2.30. The normalized spacial score (nSPS) is 24.9. The van der Waals surface area contributed by atoms with Gasteiger partial charge in [-0.25, -0.2) is 0 Å². The van der Waals surface area contributed by atoms with Crippen LogP contribution in [0, 0.1) is 5.92 Å². The molecule has 82 valence electrons. The van der Waals surface area contributed by atoms with Crippen LogP contribution in [0.2, 0.25) is 0 Å². The fourth-order valence-corrected chi connectivity index (χ4v) is 2.18. The van der Waals surface area contributed by atoms with Crippen LogP contribution in [0.15, 0.2) is 22.8 Å². The minimum atomic E-state index is -0.759. The van der Waals surface area contributed by atoms with Gasteiger partial charge in [-0.15, -0.1) is 0 Å². The van der Waals surface area contributed by atoms with E-state index in [9.17, 15) is 9.90 Å². The monoisotopic (exact) mass is 208 g/mol. The van der Waals surface area contributed by atoms with Crippen molar-refractivity contribution in [2.45, 2.75) is 38.2 Å². The molecule has 3 nitrogen and oxygen atoms in total. The lowest BCUT2D eigenvalue weighted by Gasteiger charge is -2.17. The average Bonchev–Trinajstić information content (AvgIpc) is 2.68. The molecule has 0 aromatic carbocycles. The molecule has 15 heavy (non-hydrogen) atoms. The van der Waals surface area contributed by atoms with Gasteiger partial charge in [0.25, 0.3) is 0 Å². The highest BCUT2D eigenvalue weighted by Crippen LogP contribution is 2.31. The molecule has 0 spiro atoms. The molecule has 1 fully saturated rings. The van der Waals surface area contributed by atoms with Crippen LogP contribution in [0.5, 0.6) is 0 Å². The molecule has 1 aromatic rings. The molecule has 2 atom stereocenters. The van der Waals surface area contributed by atoms with E-state index in [1.807, 2.05) is 0 Å². The lowest BCUT2D eigenvalue weighted by atomic mass is 9.91. The Kier molecular flexibility index (Phi) is 3.21. The third-order valence-electron chi connectivity index (χ3n) is 3.07. The Balaban J connectivity index is 2.10. The van der Waals surface area contributed by atoms with Crippen LogP contribution in [-0.2, 0) is 4.79 Å². The predicted octanol–water partition coefficient (Wildman–Crippen LogP) is 2.46. The molecule has 0 aliphatic heterocycles. The number of ketones is 1.